The highest BCUT2D eigenvalue weighted by atomic mass is 15.3. The molecule has 1 aliphatic carbocycles. The van der Waals surface area contributed by atoms with Gasteiger partial charge in [-0.1, -0.05) is 53.1 Å². The molecule has 0 spiro atoms. The van der Waals surface area contributed by atoms with Crippen LogP contribution in [0.1, 0.15) is 89.6 Å². The van der Waals surface area contributed by atoms with Crippen molar-refractivity contribution in [3.8, 4) is 11.3 Å². The molecule has 0 unspecified atom stereocenters. The summed E-state index contributed by atoms with van der Waals surface area (Å²) < 4.78 is 0. The maximum absolute atomic E-state index is 3.81. The van der Waals surface area contributed by atoms with Crippen molar-refractivity contribution < 1.29 is 0 Å². The topological polar surface area (TPSA) is 22.3 Å². The number of H-pyrrole nitrogens is 1. The molecule has 0 saturated carbocycles. The summed E-state index contributed by atoms with van der Waals surface area (Å²) in [6.07, 6.45) is 13.9. The molecular formula is C39H51N3. The van der Waals surface area contributed by atoms with Gasteiger partial charge in [0, 0.05) is 42.1 Å². The first kappa shape index (κ1) is 29.2. The zero-order valence-electron chi connectivity index (χ0n) is 26.9. The van der Waals surface area contributed by atoms with Crippen LogP contribution in [0, 0.1) is 41.5 Å². The number of nitrogens with one attached hydrogen (secondary N) is 1. The van der Waals surface area contributed by atoms with Gasteiger partial charge >= 0.3 is 0 Å². The lowest BCUT2D eigenvalue weighted by molar-refractivity contribution is 0.134. The molecular weight excluding hydrogens is 510 g/mol. The van der Waals surface area contributed by atoms with Crippen LogP contribution in [0.5, 0.6) is 0 Å². The van der Waals surface area contributed by atoms with Crippen molar-refractivity contribution in [3.63, 3.8) is 0 Å². The van der Waals surface area contributed by atoms with Crippen LogP contribution >= 0.6 is 0 Å². The SMILES string of the molecule is Cc1cc(C)c(C2=CC=C(CN3CCC[C@H]3[C@@H]3CCCN3Cc3ccc(-c4c(C)cc(C)cc4C)[nH]3)CCC2)c(C)c1. The Morgan fingerprint density at radius 1 is 0.643 bits per heavy atom. The second kappa shape index (κ2) is 12.4. The first-order valence-electron chi connectivity index (χ1n) is 16.5. The largest absolute Gasteiger partial charge is 0.357 e. The second-order valence-corrected chi connectivity index (χ2v) is 13.7. The van der Waals surface area contributed by atoms with E-state index in [4.69, 9.17) is 0 Å². The van der Waals surface area contributed by atoms with Crippen LogP contribution in [0.4, 0.5) is 0 Å². The lowest BCUT2D eigenvalue weighted by Gasteiger charge is -2.35. The highest BCUT2D eigenvalue weighted by Crippen LogP contribution is 2.35. The molecule has 3 nitrogen and oxygen atoms in total. The van der Waals surface area contributed by atoms with Gasteiger partial charge < -0.3 is 4.98 Å². The lowest BCUT2D eigenvalue weighted by Crippen LogP contribution is -2.46. The number of allylic oxidation sites excluding steroid dienone is 3. The number of aromatic nitrogens is 1. The van der Waals surface area contributed by atoms with Gasteiger partial charge in [0.2, 0.25) is 0 Å². The van der Waals surface area contributed by atoms with Crippen molar-refractivity contribution in [3.05, 3.63) is 98.8 Å². The van der Waals surface area contributed by atoms with Gasteiger partial charge in [-0.25, -0.2) is 0 Å². The Kier molecular flexibility index (Phi) is 8.61. The van der Waals surface area contributed by atoms with E-state index in [1.165, 1.54) is 120 Å². The molecule has 1 N–H and O–H groups in total. The number of benzene rings is 2. The quantitative estimate of drug-likeness (QED) is 0.311. The average molecular weight is 562 g/mol. The molecule has 3 aromatic rings. The summed E-state index contributed by atoms with van der Waals surface area (Å²) in [5, 5.41) is 0. The van der Waals surface area contributed by atoms with Gasteiger partial charge in [-0.3, -0.25) is 9.80 Å². The highest BCUT2D eigenvalue weighted by molar-refractivity contribution is 5.73. The third-order valence-corrected chi connectivity index (χ3v) is 10.2. The predicted molar refractivity (Wildman–Crippen MR) is 179 cm³/mol. The van der Waals surface area contributed by atoms with Gasteiger partial charge in [0.15, 0.2) is 0 Å². The fourth-order valence-corrected chi connectivity index (χ4v) is 8.65. The molecule has 222 valence electrons. The number of hydrogen-bond donors (Lipinski definition) is 1. The highest BCUT2D eigenvalue weighted by Gasteiger charge is 2.38. The first-order valence-corrected chi connectivity index (χ1v) is 16.5. The monoisotopic (exact) mass is 561 g/mol. The lowest BCUT2D eigenvalue weighted by atomic mass is 9.91. The maximum Gasteiger partial charge on any atom is 0.0461 e. The number of rotatable bonds is 7. The number of nitrogens with zero attached hydrogens (tertiary/aromatic N) is 2. The standard InChI is InChI=1S/C39H51N3/c1-26-20-28(3)38(29(4)21-26)33-11-7-10-32(14-15-33)24-41-18-8-12-36(41)37-13-9-19-42(37)25-34-16-17-35(40-34)39-30(5)22-27(2)23-31(39)6/h14-17,20-23,36-37,40H,7-13,18-19,24-25H2,1-6H3/t36-,37-/m0/s1. The summed E-state index contributed by atoms with van der Waals surface area (Å²) in [6.45, 7) is 18.1. The van der Waals surface area contributed by atoms with Crippen molar-refractivity contribution in [2.24, 2.45) is 0 Å². The Morgan fingerprint density at radius 2 is 1.21 bits per heavy atom. The minimum atomic E-state index is 0.664. The molecule has 2 aromatic carbocycles. The molecule has 0 bridgehead atoms. The Bertz CT molecular complexity index is 1460. The van der Waals surface area contributed by atoms with Crippen molar-refractivity contribution in [1.29, 1.82) is 0 Å². The molecule has 3 aliphatic rings. The maximum atomic E-state index is 3.81. The van der Waals surface area contributed by atoms with Gasteiger partial charge in [-0.15, -0.1) is 0 Å². The van der Waals surface area contributed by atoms with Gasteiger partial charge in [0.1, 0.15) is 0 Å². The zero-order valence-corrected chi connectivity index (χ0v) is 26.9. The third-order valence-electron chi connectivity index (χ3n) is 10.2. The van der Waals surface area contributed by atoms with Crippen LogP contribution in [-0.2, 0) is 6.54 Å². The summed E-state index contributed by atoms with van der Waals surface area (Å²) in [5.74, 6) is 0. The Hall–Kier alpha value is -2.88. The van der Waals surface area contributed by atoms with Crippen LogP contribution in [0.15, 0.2) is 54.1 Å². The smallest absolute Gasteiger partial charge is 0.0461 e. The van der Waals surface area contributed by atoms with Crippen molar-refractivity contribution in [2.75, 3.05) is 19.6 Å². The van der Waals surface area contributed by atoms with Gasteiger partial charge in [0.25, 0.3) is 0 Å². The zero-order chi connectivity index (χ0) is 29.4. The molecule has 2 saturated heterocycles. The molecule has 42 heavy (non-hydrogen) atoms. The van der Waals surface area contributed by atoms with E-state index in [0.29, 0.717) is 12.1 Å². The number of hydrogen-bond acceptors (Lipinski definition) is 2. The molecule has 6 rings (SSSR count). The molecule has 0 amide bonds. The first-order chi connectivity index (χ1) is 20.3. The normalized spacial score (nSPS) is 22.0. The van der Waals surface area contributed by atoms with Crippen LogP contribution in [-0.4, -0.2) is 46.5 Å². The number of likely N-dealkylation sites (tertiary alicyclic amines) is 2. The van der Waals surface area contributed by atoms with Gasteiger partial charge in [-0.2, -0.15) is 0 Å². The minimum absolute atomic E-state index is 0.664. The van der Waals surface area contributed by atoms with E-state index in [1.54, 1.807) is 5.57 Å². The van der Waals surface area contributed by atoms with Crippen LogP contribution in [0.2, 0.25) is 0 Å². The average Bonchev–Trinajstić information content (AvgIpc) is 3.64. The molecule has 3 heteroatoms. The summed E-state index contributed by atoms with van der Waals surface area (Å²) in [4.78, 5) is 9.44. The van der Waals surface area contributed by atoms with Gasteiger partial charge in [0.05, 0.1) is 0 Å². The fourth-order valence-electron chi connectivity index (χ4n) is 8.65. The van der Waals surface area contributed by atoms with E-state index in [1.807, 2.05) is 0 Å². The summed E-state index contributed by atoms with van der Waals surface area (Å²) in [6, 6.07) is 15.3. The van der Waals surface area contributed by atoms with E-state index in [-0.39, 0.29) is 0 Å². The molecule has 2 atom stereocenters. The molecule has 0 radical (unpaired) electrons. The van der Waals surface area contributed by atoms with E-state index in [2.05, 4.69) is 105 Å². The van der Waals surface area contributed by atoms with E-state index in [0.717, 1.165) is 13.1 Å². The Morgan fingerprint density at radius 3 is 1.83 bits per heavy atom. The van der Waals surface area contributed by atoms with Gasteiger partial charge in [-0.05, 0) is 145 Å². The Balaban J connectivity index is 1.14. The van der Waals surface area contributed by atoms with Crippen LogP contribution in [0.25, 0.3) is 16.8 Å². The minimum Gasteiger partial charge on any atom is -0.357 e. The Labute approximate surface area is 254 Å². The number of aryl methyl sites for hydroxylation is 6. The molecule has 2 aliphatic heterocycles. The summed E-state index contributed by atoms with van der Waals surface area (Å²) >= 11 is 0. The fraction of sp³-hybridized carbons (Fsp3) is 0.487. The summed E-state index contributed by atoms with van der Waals surface area (Å²) in [7, 11) is 0. The van der Waals surface area contributed by atoms with Crippen LogP contribution < -0.4 is 0 Å². The van der Waals surface area contributed by atoms with Crippen LogP contribution in [0.3, 0.4) is 0 Å². The van der Waals surface area contributed by atoms with E-state index >= 15 is 0 Å². The van der Waals surface area contributed by atoms with Crippen molar-refractivity contribution in [2.45, 2.75) is 105 Å². The van der Waals surface area contributed by atoms with Crippen molar-refractivity contribution in [1.82, 2.24) is 14.8 Å². The van der Waals surface area contributed by atoms with Crippen molar-refractivity contribution >= 4 is 5.57 Å². The molecule has 2 fully saturated rings. The van der Waals surface area contributed by atoms with E-state index < -0.39 is 0 Å². The van der Waals surface area contributed by atoms with E-state index in [9.17, 15) is 0 Å². The predicted octanol–water partition coefficient (Wildman–Crippen LogP) is 9.15. The third kappa shape index (κ3) is 6.10. The number of aromatic amines is 1. The second-order valence-electron chi connectivity index (χ2n) is 13.7. The molecule has 3 heterocycles. The molecule has 1 aromatic heterocycles. The summed E-state index contributed by atoms with van der Waals surface area (Å²) in [5.41, 5.74) is 16.9.